The predicted octanol–water partition coefficient (Wildman–Crippen LogP) is 2.24. The van der Waals surface area contributed by atoms with Crippen molar-refractivity contribution < 1.29 is 48.7 Å². The number of rotatable bonds is 4. The first kappa shape index (κ1) is 25.1. The molecule has 4 aromatic carbocycles. The van der Waals surface area contributed by atoms with Gasteiger partial charge in [0.1, 0.15) is 16.4 Å². The minimum atomic E-state index is -4.57. The predicted molar refractivity (Wildman–Crippen MR) is 135 cm³/mol. The van der Waals surface area contributed by atoms with E-state index >= 15 is 0 Å². The number of para-hydroxylation sites is 1. The average molecular weight is 499 g/mol. The summed E-state index contributed by atoms with van der Waals surface area (Å²) >= 11 is 0. The second kappa shape index (κ2) is 9.58. The van der Waals surface area contributed by atoms with Crippen molar-refractivity contribution in [3.05, 3.63) is 108 Å². The maximum atomic E-state index is 13.0. The van der Waals surface area contributed by atoms with Crippen LogP contribution in [0, 0.1) is 0 Å². The van der Waals surface area contributed by atoms with Crippen molar-refractivity contribution in [2.75, 3.05) is 0 Å². The number of benzene rings is 4. The molecule has 1 N–H and O–H groups in total. The molecule has 0 aromatic heterocycles. The maximum absolute atomic E-state index is 13.0. The average Bonchev–Trinajstić information content (AvgIpc) is 2.80. The number of hydrogen-bond donors (Lipinski definition) is 1. The van der Waals surface area contributed by atoms with Crippen LogP contribution in [0.3, 0.4) is 0 Å². The molecule has 0 atom stereocenters. The third-order valence-electron chi connectivity index (χ3n) is 6.03. The van der Waals surface area contributed by atoms with Crippen molar-refractivity contribution in [3.8, 4) is 11.5 Å². The van der Waals surface area contributed by atoms with Gasteiger partial charge in [-0.1, -0.05) is 92.7 Å². The number of hydrogen-bond acceptors (Lipinski definition) is 3. The molecule has 0 unspecified atom stereocenters. The fourth-order valence-electron chi connectivity index (χ4n) is 4.57. The van der Waals surface area contributed by atoms with Crippen molar-refractivity contribution in [3.63, 3.8) is 0 Å². The molecule has 1 aliphatic heterocycles. The Labute approximate surface area is 225 Å². The minimum absolute atomic E-state index is 0. The fourth-order valence-corrected chi connectivity index (χ4v) is 8.47. The van der Waals surface area contributed by atoms with E-state index < -0.39 is 23.5 Å². The van der Waals surface area contributed by atoms with E-state index in [0.717, 1.165) is 16.2 Å². The van der Waals surface area contributed by atoms with E-state index in [1.807, 2.05) is 105 Å². The van der Waals surface area contributed by atoms with Gasteiger partial charge in [-0.25, -0.2) is 0 Å². The van der Waals surface area contributed by atoms with Gasteiger partial charge in [0.25, 0.3) is 10.1 Å². The summed E-state index contributed by atoms with van der Waals surface area (Å²) in [6.45, 7) is 3.94. The molecule has 7 heteroatoms. The molecular weight excluding hydrogens is 474 g/mol. The Morgan fingerprint density at radius 2 is 1.29 bits per heavy atom. The van der Waals surface area contributed by atoms with Crippen LogP contribution < -0.4 is 50.2 Å². The molecule has 0 spiro atoms. The Kier molecular flexibility index (Phi) is 7.08. The summed E-state index contributed by atoms with van der Waals surface area (Å²) in [6, 6.07) is 30.9. The van der Waals surface area contributed by atoms with Gasteiger partial charge in [0.15, 0.2) is 0 Å². The quantitative estimate of drug-likeness (QED) is 0.266. The molecule has 0 radical (unpaired) electrons. The maximum Gasteiger partial charge on any atom is 1.00 e. The Bertz CT molecular complexity index is 1410. The topological polar surface area (TPSA) is 63.6 Å². The zero-order valence-electron chi connectivity index (χ0n) is 20.3. The van der Waals surface area contributed by atoms with Crippen LogP contribution in [0.1, 0.15) is 26.4 Å². The Balaban J connectivity index is 0.00000171. The summed E-state index contributed by atoms with van der Waals surface area (Å²) in [4.78, 5) is -0.0571. The van der Waals surface area contributed by atoms with E-state index in [4.69, 9.17) is 4.74 Å². The molecule has 34 heavy (non-hydrogen) atoms. The monoisotopic (exact) mass is 498 g/mol. The summed E-state index contributed by atoms with van der Waals surface area (Å²) in [6.07, 6.45) is 0. The molecule has 168 valence electrons. The van der Waals surface area contributed by atoms with Gasteiger partial charge in [-0.05, 0) is 36.7 Å². The Morgan fingerprint density at radius 3 is 1.85 bits per heavy atom. The van der Waals surface area contributed by atoms with Crippen LogP contribution in [-0.4, -0.2) is 13.0 Å². The van der Waals surface area contributed by atoms with Gasteiger partial charge < -0.3 is 6.16 Å². The second-order valence-electron chi connectivity index (χ2n) is 8.49. The van der Waals surface area contributed by atoms with Crippen LogP contribution in [0.15, 0.2) is 102 Å². The largest absolute Gasteiger partial charge is 1.00 e. The third-order valence-corrected chi connectivity index (χ3v) is 9.61. The van der Waals surface area contributed by atoms with Crippen LogP contribution in [0.2, 0.25) is 0 Å². The molecule has 1 heterocycles. The second-order valence-corrected chi connectivity index (χ2v) is 12.0. The van der Waals surface area contributed by atoms with E-state index in [0.29, 0.717) is 22.4 Å². The first-order valence-corrected chi connectivity index (χ1v) is 13.4. The van der Waals surface area contributed by atoms with Crippen LogP contribution in [0.5, 0.6) is 11.5 Å². The zero-order chi connectivity index (χ0) is 23.2. The van der Waals surface area contributed by atoms with Gasteiger partial charge in [-0.3, -0.25) is 4.55 Å². The van der Waals surface area contributed by atoms with Gasteiger partial charge in [-0.15, -0.1) is 0 Å². The van der Waals surface area contributed by atoms with Crippen LogP contribution in [0.4, 0.5) is 0 Å². The van der Waals surface area contributed by atoms with Crippen LogP contribution in [0.25, 0.3) is 0 Å². The molecule has 0 saturated heterocycles. The van der Waals surface area contributed by atoms with E-state index in [2.05, 4.69) is 0 Å². The Morgan fingerprint density at radius 1 is 0.765 bits per heavy atom. The summed E-state index contributed by atoms with van der Waals surface area (Å²) in [5, 5.41) is 2.58. The van der Waals surface area contributed by atoms with Crippen molar-refractivity contribution in [2.45, 2.75) is 24.2 Å². The molecule has 4 aromatic rings. The molecule has 0 amide bonds. The summed E-state index contributed by atoms with van der Waals surface area (Å²) in [7, 11) is -5.82. The van der Waals surface area contributed by atoms with Gasteiger partial charge in [0.05, 0.1) is 0 Å². The fraction of sp³-hybridized carbons (Fsp3) is 0.111. The summed E-state index contributed by atoms with van der Waals surface area (Å²) in [5.74, 6) is 1.14. The number of ether oxygens (including phenoxy) is 1. The van der Waals surface area contributed by atoms with Gasteiger partial charge in [-0.2, -0.15) is 8.42 Å². The van der Waals surface area contributed by atoms with Crippen molar-refractivity contribution >= 4 is 34.0 Å². The molecule has 0 aliphatic carbocycles. The molecule has 0 saturated carbocycles. The standard InChI is InChI=1S/C27H23O4PS.Na.H/c1-27(2)21-15-9-10-16-22(21)31-23-17-18-24(26(25(23)27)33(28,29)30)32(19-11-5-3-6-12-19)20-13-7-4-8-14-20;;/h3-18H,1-2H3,(H,28,29,30);;/q;+1;-1. The SMILES string of the molecule is CC1(C)c2ccccc2Oc2ccc(P(c3ccccc3)c3ccccc3)c(S(=O)(=O)O)c21.[H-].[Na+]. The molecule has 5 rings (SSSR count). The summed E-state index contributed by atoms with van der Waals surface area (Å²) in [5.41, 5.74) is 0.670. The third kappa shape index (κ3) is 4.37. The van der Waals surface area contributed by atoms with Gasteiger partial charge >= 0.3 is 29.6 Å². The first-order valence-electron chi connectivity index (χ1n) is 10.6. The molecule has 0 fully saturated rings. The van der Waals surface area contributed by atoms with Crippen molar-refractivity contribution in [1.82, 2.24) is 0 Å². The minimum Gasteiger partial charge on any atom is -1.00 e. The van der Waals surface area contributed by atoms with Crippen LogP contribution in [-0.2, 0) is 15.5 Å². The van der Waals surface area contributed by atoms with Gasteiger partial charge in [0.2, 0.25) is 0 Å². The van der Waals surface area contributed by atoms with E-state index in [-0.39, 0.29) is 35.9 Å². The summed E-state index contributed by atoms with van der Waals surface area (Å²) < 4.78 is 42.7. The van der Waals surface area contributed by atoms with E-state index in [9.17, 15) is 13.0 Å². The molecule has 4 nitrogen and oxygen atoms in total. The molecule has 0 bridgehead atoms. The normalized spacial score (nSPS) is 13.9. The van der Waals surface area contributed by atoms with E-state index in [1.54, 1.807) is 6.07 Å². The van der Waals surface area contributed by atoms with E-state index in [1.165, 1.54) is 0 Å². The Hall–Kier alpha value is -1.98. The van der Waals surface area contributed by atoms with Gasteiger partial charge in [0, 0.05) is 21.8 Å². The van der Waals surface area contributed by atoms with Crippen molar-refractivity contribution in [1.29, 1.82) is 0 Å². The van der Waals surface area contributed by atoms with Crippen molar-refractivity contribution in [2.24, 2.45) is 0 Å². The number of fused-ring (bicyclic) bond motifs is 2. The first-order chi connectivity index (χ1) is 15.8. The smallest absolute Gasteiger partial charge is 1.00 e. The van der Waals surface area contributed by atoms with Crippen LogP contribution >= 0.6 is 7.92 Å². The zero-order valence-corrected chi connectivity index (χ0v) is 23.0. The molecular formula is C27H24NaO4PS. The molecule has 1 aliphatic rings.